The first-order valence-electron chi connectivity index (χ1n) is 5.80. The first-order valence-corrected chi connectivity index (χ1v) is 5.80. The molecule has 0 saturated heterocycles. The van der Waals surface area contributed by atoms with Crippen molar-refractivity contribution in [1.82, 2.24) is 10.2 Å². The Morgan fingerprint density at radius 3 is 2.68 bits per heavy atom. The summed E-state index contributed by atoms with van der Waals surface area (Å²) in [6.07, 6.45) is -0.908. The summed E-state index contributed by atoms with van der Waals surface area (Å²) in [6, 6.07) is 7.66. The molecule has 0 spiro atoms. The van der Waals surface area contributed by atoms with Gasteiger partial charge >= 0.3 is 5.97 Å². The Labute approximate surface area is 110 Å². The lowest BCUT2D eigenvalue weighted by molar-refractivity contribution is -0.150. The van der Waals surface area contributed by atoms with E-state index in [0.717, 1.165) is 11.1 Å². The number of carboxylic acids is 1. The minimum atomic E-state index is -1.03. The van der Waals surface area contributed by atoms with Crippen molar-refractivity contribution in [2.45, 2.75) is 26.6 Å². The number of aryl methyl sites for hydroxylation is 1. The van der Waals surface area contributed by atoms with Crippen LogP contribution in [0.25, 0.3) is 11.5 Å². The summed E-state index contributed by atoms with van der Waals surface area (Å²) in [5.74, 6) is -0.386. The molecule has 1 unspecified atom stereocenters. The second-order valence-corrected chi connectivity index (χ2v) is 4.16. The predicted molar refractivity (Wildman–Crippen MR) is 66.4 cm³/mol. The van der Waals surface area contributed by atoms with Crippen LogP contribution < -0.4 is 0 Å². The molecule has 2 rings (SSSR count). The summed E-state index contributed by atoms with van der Waals surface area (Å²) in [4.78, 5) is 10.6. The quantitative estimate of drug-likeness (QED) is 0.887. The largest absolute Gasteiger partial charge is 0.479 e. The second-order valence-electron chi connectivity index (χ2n) is 4.16. The number of hydrogen-bond donors (Lipinski definition) is 1. The highest BCUT2D eigenvalue weighted by atomic mass is 16.5. The van der Waals surface area contributed by atoms with Crippen molar-refractivity contribution in [3.63, 3.8) is 0 Å². The van der Waals surface area contributed by atoms with Crippen LogP contribution in [-0.2, 0) is 16.1 Å². The highest BCUT2D eigenvalue weighted by Crippen LogP contribution is 2.18. The van der Waals surface area contributed by atoms with Gasteiger partial charge < -0.3 is 14.3 Å². The van der Waals surface area contributed by atoms with Gasteiger partial charge in [-0.05, 0) is 26.0 Å². The van der Waals surface area contributed by atoms with E-state index in [9.17, 15) is 4.79 Å². The molecule has 1 aromatic carbocycles. The molecule has 0 aliphatic rings. The summed E-state index contributed by atoms with van der Waals surface area (Å²) in [5.41, 5.74) is 1.96. The number of aromatic nitrogens is 2. The highest BCUT2D eigenvalue weighted by Gasteiger charge is 2.14. The SMILES string of the molecule is Cc1ccc(-c2nnc(COC(C)C(=O)O)o2)cc1. The Kier molecular flexibility index (Phi) is 3.91. The van der Waals surface area contributed by atoms with Crippen LogP contribution in [0.1, 0.15) is 18.4 Å². The van der Waals surface area contributed by atoms with Gasteiger partial charge in [-0.1, -0.05) is 17.7 Å². The zero-order valence-corrected chi connectivity index (χ0v) is 10.7. The third kappa shape index (κ3) is 3.38. The molecule has 0 radical (unpaired) electrons. The maximum absolute atomic E-state index is 10.6. The monoisotopic (exact) mass is 262 g/mol. The van der Waals surface area contributed by atoms with Gasteiger partial charge in [0, 0.05) is 5.56 Å². The van der Waals surface area contributed by atoms with Gasteiger partial charge in [-0.15, -0.1) is 10.2 Å². The molecule has 0 aliphatic heterocycles. The van der Waals surface area contributed by atoms with Crippen molar-refractivity contribution >= 4 is 5.97 Å². The van der Waals surface area contributed by atoms with Gasteiger partial charge in [-0.2, -0.15) is 0 Å². The minimum Gasteiger partial charge on any atom is -0.479 e. The van der Waals surface area contributed by atoms with Crippen molar-refractivity contribution in [3.05, 3.63) is 35.7 Å². The number of aliphatic carboxylic acids is 1. The van der Waals surface area contributed by atoms with Crippen molar-refractivity contribution in [1.29, 1.82) is 0 Å². The Bertz CT molecular complexity index is 562. The number of benzene rings is 1. The standard InChI is InChI=1S/C13H14N2O4/c1-8-3-5-10(6-4-8)12-15-14-11(19-12)7-18-9(2)13(16)17/h3-6,9H,7H2,1-2H3,(H,16,17). The first-order chi connectivity index (χ1) is 9.06. The van der Waals surface area contributed by atoms with Gasteiger partial charge in [0.05, 0.1) is 0 Å². The van der Waals surface area contributed by atoms with Crippen LogP contribution in [0, 0.1) is 6.92 Å². The Hall–Kier alpha value is -2.21. The number of carboxylic acid groups (broad SMARTS) is 1. The third-order valence-electron chi connectivity index (χ3n) is 2.57. The summed E-state index contributed by atoms with van der Waals surface area (Å²) < 4.78 is 10.5. The average Bonchev–Trinajstić information content (AvgIpc) is 2.85. The fraction of sp³-hybridized carbons (Fsp3) is 0.308. The van der Waals surface area contributed by atoms with Crippen LogP contribution >= 0.6 is 0 Å². The van der Waals surface area contributed by atoms with Crippen LogP contribution in [-0.4, -0.2) is 27.4 Å². The number of hydrogen-bond acceptors (Lipinski definition) is 5. The van der Waals surface area contributed by atoms with Crippen molar-refractivity contribution in [2.75, 3.05) is 0 Å². The molecule has 0 amide bonds. The lowest BCUT2D eigenvalue weighted by atomic mass is 10.1. The average molecular weight is 262 g/mol. The summed E-state index contributed by atoms with van der Waals surface area (Å²) in [5, 5.41) is 16.4. The summed E-state index contributed by atoms with van der Waals surface area (Å²) >= 11 is 0. The predicted octanol–water partition coefficient (Wildman–Crippen LogP) is 2.03. The third-order valence-corrected chi connectivity index (χ3v) is 2.57. The summed E-state index contributed by atoms with van der Waals surface area (Å²) in [7, 11) is 0. The maximum Gasteiger partial charge on any atom is 0.332 e. The van der Waals surface area contributed by atoms with E-state index < -0.39 is 12.1 Å². The van der Waals surface area contributed by atoms with E-state index in [1.165, 1.54) is 6.92 Å². The molecule has 1 N–H and O–H groups in total. The van der Waals surface area contributed by atoms with Crippen LogP contribution in [0.5, 0.6) is 0 Å². The smallest absolute Gasteiger partial charge is 0.332 e. The van der Waals surface area contributed by atoms with Crippen LogP contribution in [0.3, 0.4) is 0 Å². The molecule has 6 nitrogen and oxygen atoms in total. The van der Waals surface area contributed by atoms with E-state index in [0.29, 0.717) is 5.89 Å². The van der Waals surface area contributed by atoms with Crippen LogP contribution in [0.4, 0.5) is 0 Å². The van der Waals surface area contributed by atoms with Crippen molar-refractivity contribution in [2.24, 2.45) is 0 Å². The normalized spacial score (nSPS) is 12.3. The molecule has 0 aliphatic carbocycles. The number of ether oxygens (including phenoxy) is 1. The lowest BCUT2D eigenvalue weighted by Gasteiger charge is -2.04. The van der Waals surface area contributed by atoms with Gasteiger partial charge in [-0.25, -0.2) is 4.79 Å². The number of rotatable bonds is 5. The molecule has 6 heteroatoms. The molecule has 2 aromatic rings. The molecule has 1 aromatic heterocycles. The Morgan fingerprint density at radius 1 is 1.37 bits per heavy atom. The van der Waals surface area contributed by atoms with E-state index in [2.05, 4.69) is 10.2 Å². The molecule has 1 heterocycles. The van der Waals surface area contributed by atoms with Gasteiger partial charge in [0.1, 0.15) is 6.61 Å². The molecule has 0 fully saturated rings. The zero-order chi connectivity index (χ0) is 13.8. The van der Waals surface area contributed by atoms with Crippen LogP contribution in [0.15, 0.2) is 28.7 Å². The van der Waals surface area contributed by atoms with Gasteiger partial charge in [0.2, 0.25) is 11.8 Å². The Balaban J connectivity index is 2.03. The van der Waals surface area contributed by atoms with Crippen LogP contribution in [0.2, 0.25) is 0 Å². The second kappa shape index (κ2) is 5.62. The van der Waals surface area contributed by atoms with Crippen molar-refractivity contribution < 1.29 is 19.1 Å². The van der Waals surface area contributed by atoms with Crippen molar-refractivity contribution in [3.8, 4) is 11.5 Å². The molecular weight excluding hydrogens is 248 g/mol. The topological polar surface area (TPSA) is 85.5 Å². The molecule has 0 saturated carbocycles. The summed E-state index contributed by atoms with van der Waals surface area (Å²) in [6.45, 7) is 3.41. The Morgan fingerprint density at radius 2 is 2.05 bits per heavy atom. The van der Waals surface area contributed by atoms with E-state index in [1.54, 1.807) is 0 Å². The molecular formula is C13H14N2O4. The van der Waals surface area contributed by atoms with Gasteiger partial charge in [0.15, 0.2) is 6.10 Å². The van der Waals surface area contributed by atoms with Gasteiger partial charge in [0.25, 0.3) is 0 Å². The molecule has 19 heavy (non-hydrogen) atoms. The maximum atomic E-state index is 10.6. The molecule has 0 bridgehead atoms. The zero-order valence-electron chi connectivity index (χ0n) is 10.7. The fourth-order valence-electron chi connectivity index (χ4n) is 1.39. The highest BCUT2D eigenvalue weighted by molar-refractivity contribution is 5.71. The van der Waals surface area contributed by atoms with E-state index in [-0.39, 0.29) is 12.5 Å². The number of nitrogens with zero attached hydrogens (tertiary/aromatic N) is 2. The molecule has 1 atom stereocenters. The van der Waals surface area contributed by atoms with E-state index >= 15 is 0 Å². The van der Waals surface area contributed by atoms with E-state index in [4.69, 9.17) is 14.3 Å². The lowest BCUT2D eigenvalue weighted by Crippen LogP contribution is -2.19. The van der Waals surface area contributed by atoms with E-state index in [1.807, 2.05) is 31.2 Å². The van der Waals surface area contributed by atoms with Gasteiger partial charge in [-0.3, -0.25) is 0 Å². The molecule has 100 valence electrons. The minimum absolute atomic E-state index is 0.0215. The fourth-order valence-corrected chi connectivity index (χ4v) is 1.39. The first kappa shape index (κ1) is 13.2. The number of carbonyl (C=O) groups is 1.